The fourth-order valence-corrected chi connectivity index (χ4v) is 3.66. The van der Waals surface area contributed by atoms with Crippen molar-refractivity contribution in [1.29, 1.82) is 0 Å². The van der Waals surface area contributed by atoms with Crippen LogP contribution in [0.5, 0.6) is 0 Å². The van der Waals surface area contributed by atoms with Gasteiger partial charge in [-0.2, -0.15) is 0 Å². The average Bonchev–Trinajstić information content (AvgIpc) is 2.61. The van der Waals surface area contributed by atoms with E-state index in [0.29, 0.717) is 26.2 Å². The standard InChI is InChI=1S/C18H27N3O4/c1-19-18(23)8-15-2-3-16-17(25-15)12-24-11-14(22)10-21(16)9-13-4-6-20-7-5-13/h4-7,14-17,22H,2-3,8-12H2,1H3,(H,19,23)/t14-,15-,16-,17+/m1/s1. The molecule has 0 saturated carbocycles. The first kappa shape index (κ1) is 18.3. The van der Waals surface area contributed by atoms with Crippen LogP contribution in [-0.4, -0.2) is 72.1 Å². The smallest absolute Gasteiger partial charge is 0.222 e. The molecule has 2 fully saturated rings. The maximum Gasteiger partial charge on any atom is 0.222 e. The number of carbonyl (C=O) groups excluding carboxylic acids is 1. The second kappa shape index (κ2) is 8.71. The first-order valence-electron chi connectivity index (χ1n) is 8.90. The molecule has 7 nitrogen and oxygen atoms in total. The van der Waals surface area contributed by atoms with Gasteiger partial charge in [0.25, 0.3) is 0 Å². The Hall–Kier alpha value is -1.54. The van der Waals surface area contributed by atoms with Crippen LogP contribution in [0.4, 0.5) is 0 Å². The van der Waals surface area contributed by atoms with Gasteiger partial charge in [-0.05, 0) is 30.5 Å². The molecule has 0 unspecified atom stereocenters. The lowest BCUT2D eigenvalue weighted by atomic mass is 9.94. The molecule has 2 saturated heterocycles. The summed E-state index contributed by atoms with van der Waals surface area (Å²) in [5.41, 5.74) is 1.16. The molecule has 3 heterocycles. The predicted molar refractivity (Wildman–Crippen MR) is 91.8 cm³/mol. The summed E-state index contributed by atoms with van der Waals surface area (Å²) in [6.45, 7) is 2.04. The monoisotopic (exact) mass is 349 g/mol. The van der Waals surface area contributed by atoms with Crippen LogP contribution in [0.3, 0.4) is 0 Å². The largest absolute Gasteiger partial charge is 0.389 e. The van der Waals surface area contributed by atoms with E-state index in [2.05, 4.69) is 15.2 Å². The topological polar surface area (TPSA) is 83.9 Å². The number of rotatable bonds is 4. The summed E-state index contributed by atoms with van der Waals surface area (Å²) in [6, 6.07) is 4.16. The number of carbonyl (C=O) groups is 1. The highest BCUT2D eigenvalue weighted by Crippen LogP contribution is 2.28. The Kier molecular flexibility index (Phi) is 6.36. The zero-order valence-electron chi connectivity index (χ0n) is 14.6. The van der Waals surface area contributed by atoms with Gasteiger partial charge in [-0.3, -0.25) is 14.7 Å². The number of aliphatic hydroxyl groups is 1. The Bertz CT molecular complexity index is 557. The Morgan fingerprint density at radius 3 is 2.92 bits per heavy atom. The van der Waals surface area contributed by atoms with E-state index in [1.54, 1.807) is 19.4 Å². The van der Waals surface area contributed by atoms with E-state index in [1.165, 1.54) is 0 Å². The van der Waals surface area contributed by atoms with Crippen molar-refractivity contribution in [2.75, 3.05) is 26.8 Å². The fraction of sp³-hybridized carbons (Fsp3) is 0.667. The predicted octanol–water partition coefficient (Wildman–Crippen LogP) is 0.327. The van der Waals surface area contributed by atoms with E-state index in [4.69, 9.17) is 9.47 Å². The van der Waals surface area contributed by atoms with Crippen molar-refractivity contribution in [2.45, 2.75) is 50.2 Å². The van der Waals surface area contributed by atoms with Gasteiger partial charge in [-0.1, -0.05) is 0 Å². The van der Waals surface area contributed by atoms with Gasteiger partial charge in [-0.25, -0.2) is 0 Å². The van der Waals surface area contributed by atoms with Crippen LogP contribution in [0.25, 0.3) is 0 Å². The van der Waals surface area contributed by atoms with Gasteiger partial charge in [-0.15, -0.1) is 0 Å². The number of hydrogen-bond donors (Lipinski definition) is 2. The second-order valence-electron chi connectivity index (χ2n) is 6.79. The Balaban J connectivity index is 1.69. The van der Waals surface area contributed by atoms with Crippen molar-refractivity contribution in [3.8, 4) is 0 Å². The van der Waals surface area contributed by atoms with E-state index in [1.807, 2.05) is 12.1 Å². The highest BCUT2D eigenvalue weighted by Gasteiger charge is 2.37. The van der Waals surface area contributed by atoms with Crippen LogP contribution in [0.15, 0.2) is 24.5 Å². The zero-order valence-corrected chi connectivity index (χ0v) is 14.6. The van der Waals surface area contributed by atoms with Crippen LogP contribution in [-0.2, 0) is 20.8 Å². The quantitative estimate of drug-likeness (QED) is 0.815. The number of aliphatic hydroxyl groups excluding tert-OH is 1. The maximum absolute atomic E-state index is 11.6. The van der Waals surface area contributed by atoms with E-state index >= 15 is 0 Å². The molecule has 2 aliphatic heterocycles. The number of amides is 1. The third-order valence-corrected chi connectivity index (χ3v) is 4.91. The van der Waals surface area contributed by atoms with Crippen molar-refractivity contribution < 1.29 is 19.4 Å². The lowest BCUT2D eigenvalue weighted by molar-refractivity contribution is -0.158. The number of ether oxygens (including phenoxy) is 2. The first-order valence-corrected chi connectivity index (χ1v) is 8.90. The third-order valence-electron chi connectivity index (χ3n) is 4.91. The number of nitrogens with one attached hydrogen (secondary N) is 1. The molecule has 1 aromatic heterocycles. The minimum Gasteiger partial charge on any atom is -0.389 e. The molecule has 0 aliphatic carbocycles. The Morgan fingerprint density at radius 2 is 2.16 bits per heavy atom. The van der Waals surface area contributed by atoms with Crippen LogP contribution >= 0.6 is 0 Å². The highest BCUT2D eigenvalue weighted by atomic mass is 16.5. The number of nitrogens with zero attached hydrogens (tertiary/aromatic N) is 2. The summed E-state index contributed by atoms with van der Waals surface area (Å²) in [4.78, 5) is 18.0. The second-order valence-corrected chi connectivity index (χ2v) is 6.79. The molecule has 25 heavy (non-hydrogen) atoms. The SMILES string of the molecule is CNC(=O)C[C@H]1CC[C@@H]2[C@H](COC[C@H](O)CN2Cc2ccncc2)O1. The number of fused-ring (bicyclic) bond motifs is 1. The lowest BCUT2D eigenvalue weighted by Crippen LogP contribution is -2.55. The molecule has 0 spiro atoms. The van der Waals surface area contributed by atoms with Gasteiger partial charge >= 0.3 is 0 Å². The van der Waals surface area contributed by atoms with Crippen molar-refractivity contribution in [2.24, 2.45) is 0 Å². The van der Waals surface area contributed by atoms with Crippen molar-refractivity contribution in [1.82, 2.24) is 15.2 Å². The molecule has 2 aliphatic rings. The molecule has 4 atom stereocenters. The van der Waals surface area contributed by atoms with E-state index in [0.717, 1.165) is 24.9 Å². The molecule has 1 aromatic rings. The maximum atomic E-state index is 11.6. The molecule has 3 rings (SSSR count). The zero-order chi connectivity index (χ0) is 17.6. The van der Waals surface area contributed by atoms with Gasteiger partial charge in [0, 0.05) is 38.6 Å². The molecule has 138 valence electrons. The molecule has 7 heteroatoms. The van der Waals surface area contributed by atoms with Crippen LogP contribution in [0, 0.1) is 0 Å². The Morgan fingerprint density at radius 1 is 1.36 bits per heavy atom. The summed E-state index contributed by atoms with van der Waals surface area (Å²) in [7, 11) is 1.64. The minimum absolute atomic E-state index is 0.000670. The molecular formula is C18H27N3O4. The average molecular weight is 349 g/mol. The van der Waals surface area contributed by atoms with Crippen LogP contribution in [0.2, 0.25) is 0 Å². The summed E-state index contributed by atoms with van der Waals surface area (Å²) >= 11 is 0. The summed E-state index contributed by atoms with van der Waals surface area (Å²) in [6.07, 6.45) is 5.04. The third kappa shape index (κ3) is 4.98. The summed E-state index contributed by atoms with van der Waals surface area (Å²) in [5, 5.41) is 12.8. The van der Waals surface area contributed by atoms with Crippen LogP contribution in [0.1, 0.15) is 24.8 Å². The molecule has 2 N–H and O–H groups in total. The first-order chi connectivity index (χ1) is 12.2. The van der Waals surface area contributed by atoms with Gasteiger partial charge in [0.2, 0.25) is 5.91 Å². The number of aromatic nitrogens is 1. The molecule has 0 bridgehead atoms. The van der Waals surface area contributed by atoms with Crippen molar-refractivity contribution in [3.63, 3.8) is 0 Å². The van der Waals surface area contributed by atoms with Crippen LogP contribution < -0.4 is 5.32 Å². The normalized spacial score (nSPS) is 30.8. The summed E-state index contributed by atoms with van der Waals surface area (Å²) < 4.78 is 11.8. The molecule has 0 aromatic carbocycles. The summed E-state index contributed by atoms with van der Waals surface area (Å²) in [5.74, 6) is -0.000670. The highest BCUT2D eigenvalue weighted by molar-refractivity contribution is 5.76. The number of pyridine rings is 1. The lowest BCUT2D eigenvalue weighted by Gasteiger charge is -2.44. The molecule has 1 amide bonds. The van der Waals surface area contributed by atoms with Crippen molar-refractivity contribution in [3.05, 3.63) is 30.1 Å². The minimum atomic E-state index is -0.508. The molecular weight excluding hydrogens is 322 g/mol. The number of hydrogen-bond acceptors (Lipinski definition) is 6. The Labute approximate surface area is 148 Å². The van der Waals surface area contributed by atoms with E-state index in [-0.39, 0.29) is 24.2 Å². The fourth-order valence-electron chi connectivity index (χ4n) is 3.66. The van der Waals surface area contributed by atoms with Crippen molar-refractivity contribution >= 4 is 5.91 Å². The van der Waals surface area contributed by atoms with E-state index < -0.39 is 6.10 Å². The molecule has 0 radical (unpaired) electrons. The van der Waals surface area contributed by atoms with Gasteiger partial charge in [0.15, 0.2) is 0 Å². The number of β-amino-alcohol motifs (C(OH)–C–C–N with tert-alkyl or cyclic N) is 1. The van der Waals surface area contributed by atoms with Gasteiger partial charge in [0.1, 0.15) is 0 Å². The van der Waals surface area contributed by atoms with E-state index in [9.17, 15) is 9.90 Å². The van der Waals surface area contributed by atoms with Gasteiger partial charge in [0.05, 0.1) is 37.9 Å². The van der Waals surface area contributed by atoms with Gasteiger partial charge < -0.3 is 19.9 Å².